The maximum atomic E-state index is 11.6. The van der Waals surface area contributed by atoms with Crippen molar-refractivity contribution in [3.63, 3.8) is 0 Å². The predicted molar refractivity (Wildman–Crippen MR) is 99.6 cm³/mol. The first kappa shape index (κ1) is 16.1. The van der Waals surface area contributed by atoms with Gasteiger partial charge in [-0.1, -0.05) is 36.4 Å². The molecule has 0 atom stereocenters. The highest BCUT2D eigenvalue weighted by Crippen LogP contribution is 2.18. The Kier molecular flexibility index (Phi) is 4.23. The fourth-order valence-electron chi connectivity index (χ4n) is 3.17. The zero-order valence-corrected chi connectivity index (χ0v) is 14.2. The molecule has 4 rings (SSSR count). The zero-order valence-electron chi connectivity index (χ0n) is 14.2. The lowest BCUT2D eigenvalue weighted by molar-refractivity contribution is -0.117. The first-order valence-electron chi connectivity index (χ1n) is 8.46. The van der Waals surface area contributed by atoms with E-state index >= 15 is 0 Å². The molecule has 0 saturated heterocycles. The van der Waals surface area contributed by atoms with Gasteiger partial charge in [-0.3, -0.25) is 4.79 Å². The van der Waals surface area contributed by atoms with Crippen LogP contribution in [0.4, 0.5) is 0 Å². The number of fused-ring (bicyclic) bond motifs is 1. The number of benzene rings is 2. The average molecular weight is 345 g/mol. The Hall–Kier alpha value is -3.41. The van der Waals surface area contributed by atoms with Crippen molar-refractivity contribution >= 4 is 16.9 Å². The molecule has 4 aromatic rings. The first-order valence-corrected chi connectivity index (χ1v) is 8.46. The van der Waals surface area contributed by atoms with E-state index in [0.29, 0.717) is 13.0 Å². The normalized spacial score (nSPS) is 11.1. The fourth-order valence-corrected chi connectivity index (χ4v) is 3.17. The smallest absolute Gasteiger partial charge is 0.223 e. The van der Waals surface area contributed by atoms with Crippen molar-refractivity contribution in [1.29, 1.82) is 0 Å². The molecule has 2 aromatic carbocycles. The number of nitrogens with one attached hydrogen (secondary N) is 1. The molecule has 0 aliphatic heterocycles. The van der Waals surface area contributed by atoms with Gasteiger partial charge in [-0.25, -0.2) is 9.97 Å². The quantitative estimate of drug-likeness (QED) is 0.562. The second-order valence-corrected chi connectivity index (χ2v) is 6.33. The largest absolute Gasteiger partial charge is 0.369 e. The number of hydrogen-bond donors (Lipinski definition) is 2. The van der Waals surface area contributed by atoms with E-state index < -0.39 is 0 Å². The summed E-state index contributed by atoms with van der Waals surface area (Å²) in [6.07, 6.45) is 4.32. The molecule has 0 radical (unpaired) electrons. The number of hydrogen-bond acceptors (Lipinski definition) is 3. The molecule has 3 N–H and O–H groups in total. The monoisotopic (exact) mass is 345 g/mol. The Balaban J connectivity index is 1.65. The van der Waals surface area contributed by atoms with Crippen LogP contribution in [0.25, 0.3) is 11.0 Å². The highest BCUT2D eigenvalue weighted by atomic mass is 16.1. The Labute approximate surface area is 150 Å². The molecule has 0 saturated carbocycles. The van der Waals surface area contributed by atoms with Crippen LogP contribution in [0.3, 0.4) is 0 Å². The highest BCUT2D eigenvalue weighted by Gasteiger charge is 2.14. The summed E-state index contributed by atoms with van der Waals surface area (Å²) in [4.78, 5) is 23.5. The minimum absolute atomic E-state index is 0.175. The SMILES string of the molecule is NC(=O)Cc1c(Cc2ccccc2)ncn1Cc1ccc2nc[nH]c2c1. The number of H-pyrrole nitrogens is 1. The number of nitrogens with zero attached hydrogens (tertiary/aromatic N) is 3. The topological polar surface area (TPSA) is 89.6 Å². The number of carbonyl (C=O) groups is 1. The molecule has 0 unspecified atom stereocenters. The van der Waals surface area contributed by atoms with Gasteiger partial charge in [0.05, 0.1) is 41.5 Å². The van der Waals surface area contributed by atoms with Crippen LogP contribution in [0, 0.1) is 0 Å². The predicted octanol–water partition coefficient (Wildman–Crippen LogP) is 2.43. The van der Waals surface area contributed by atoms with Gasteiger partial charge in [0.1, 0.15) is 0 Å². The van der Waals surface area contributed by atoms with Crippen molar-refractivity contribution in [3.05, 3.63) is 83.7 Å². The van der Waals surface area contributed by atoms with Gasteiger partial charge in [-0.15, -0.1) is 0 Å². The molecule has 26 heavy (non-hydrogen) atoms. The van der Waals surface area contributed by atoms with Gasteiger partial charge < -0.3 is 15.3 Å². The number of aromatic nitrogens is 4. The summed E-state index contributed by atoms with van der Waals surface area (Å²) in [6.45, 7) is 0.624. The van der Waals surface area contributed by atoms with Crippen molar-refractivity contribution in [2.24, 2.45) is 5.73 Å². The van der Waals surface area contributed by atoms with Gasteiger partial charge in [0.25, 0.3) is 0 Å². The number of nitrogens with two attached hydrogens (primary N) is 1. The molecule has 2 heterocycles. The molecule has 6 heteroatoms. The van der Waals surface area contributed by atoms with E-state index in [1.54, 1.807) is 12.7 Å². The molecule has 0 aliphatic rings. The van der Waals surface area contributed by atoms with Crippen molar-refractivity contribution in [3.8, 4) is 0 Å². The van der Waals surface area contributed by atoms with Gasteiger partial charge >= 0.3 is 0 Å². The zero-order chi connectivity index (χ0) is 17.9. The number of aromatic amines is 1. The Morgan fingerprint density at radius 2 is 1.92 bits per heavy atom. The molecule has 1 amide bonds. The summed E-state index contributed by atoms with van der Waals surface area (Å²) in [5.74, 6) is -0.356. The maximum Gasteiger partial charge on any atom is 0.223 e. The Bertz CT molecular complexity index is 1050. The summed E-state index contributed by atoms with van der Waals surface area (Å²) in [5.41, 5.74) is 11.4. The van der Waals surface area contributed by atoms with Gasteiger partial charge in [0.2, 0.25) is 5.91 Å². The van der Waals surface area contributed by atoms with Gasteiger partial charge in [0.15, 0.2) is 0 Å². The van der Waals surface area contributed by atoms with Gasteiger partial charge in [0, 0.05) is 13.0 Å². The summed E-state index contributed by atoms with van der Waals surface area (Å²) < 4.78 is 2.00. The van der Waals surface area contributed by atoms with Crippen LogP contribution in [0.15, 0.2) is 61.2 Å². The molecule has 6 nitrogen and oxygen atoms in total. The third-order valence-electron chi connectivity index (χ3n) is 4.43. The molecule has 130 valence electrons. The van der Waals surface area contributed by atoms with Gasteiger partial charge in [-0.05, 0) is 23.3 Å². The molecular formula is C20H19N5O. The Morgan fingerprint density at radius 3 is 2.73 bits per heavy atom. The van der Waals surface area contributed by atoms with E-state index in [1.165, 1.54) is 0 Å². The van der Waals surface area contributed by atoms with E-state index in [0.717, 1.165) is 33.5 Å². The highest BCUT2D eigenvalue weighted by molar-refractivity contribution is 5.76. The van der Waals surface area contributed by atoms with Crippen molar-refractivity contribution < 1.29 is 4.79 Å². The number of primary amides is 1. The maximum absolute atomic E-state index is 11.6. The van der Waals surface area contributed by atoms with Crippen LogP contribution in [-0.2, 0) is 24.2 Å². The van der Waals surface area contributed by atoms with Crippen LogP contribution < -0.4 is 5.73 Å². The van der Waals surface area contributed by atoms with E-state index in [2.05, 4.69) is 33.2 Å². The standard InChI is InChI=1S/C20H19N5O/c21-20(26)10-19-18(8-14-4-2-1-3-5-14)24-13-25(19)11-15-6-7-16-17(9-15)23-12-22-16/h1-7,9,12-13H,8,10-11H2,(H2,21,26)(H,22,23). The number of carbonyl (C=O) groups excluding carboxylic acids is 1. The van der Waals surface area contributed by atoms with Crippen LogP contribution in [0.5, 0.6) is 0 Å². The van der Waals surface area contributed by atoms with E-state index in [4.69, 9.17) is 5.73 Å². The lowest BCUT2D eigenvalue weighted by atomic mass is 10.1. The molecule has 0 aliphatic carbocycles. The number of amides is 1. The molecule has 0 fully saturated rings. The van der Waals surface area contributed by atoms with Crippen LogP contribution >= 0.6 is 0 Å². The molecular weight excluding hydrogens is 326 g/mol. The second-order valence-electron chi connectivity index (χ2n) is 6.33. The van der Waals surface area contributed by atoms with E-state index in [-0.39, 0.29) is 12.3 Å². The average Bonchev–Trinajstić information content (AvgIpc) is 3.24. The molecule has 0 spiro atoms. The minimum Gasteiger partial charge on any atom is -0.369 e. The second kappa shape index (κ2) is 6.84. The lowest BCUT2D eigenvalue weighted by Crippen LogP contribution is -2.18. The molecule has 0 bridgehead atoms. The minimum atomic E-state index is -0.356. The van der Waals surface area contributed by atoms with Crippen LogP contribution in [-0.4, -0.2) is 25.4 Å². The molecule has 2 aromatic heterocycles. The summed E-state index contributed by atoms with van der Waals surface area (Å²) in [7, 11) is 0. The van der Waals surface area contributed by atoms with E-state index in [1.807, 2.05) is 34.9 Å². The third kappa shape index (κ3) is 3.35. The van der Waals surface area contributed by atoms with Crippen LogP contribution in [0.1, 0.15) is 22.5 Å². The van der Waals surface area contributed by atoms with E-state index in [9.17, 15) is 4.79 Å². The summed E-state index contributed by atoms with van der Waals surface area (Å²) in [6, 6.07) is 16.2. The first-order chi connectivity index (χ1) is 12.7. The summed E-state index contributed by atoms with van der Waals surface area (Å²) >= 11 is 0. The third-order valence-corrected chi connectivity index (χ3v) is 4.43. The van der Waals surface area contributed by atoms with Crippen LogP contribution in [0.2, 0.25) is 0 Å². The number of rotatable bonds is 6. The lowest BCUT2D eigenvalue weighted by Gasteiger charge is -2.09. The summed E-state index contributed by atoms with van der Waals surface area (Å²) in [5, 5.41) is 0. The Morgan fingerprint density at radius 1 is 1.08 bits per heavy atom. The van der Waals surface area contributed by atoms with Crippen molar-refractivity contribution in [1.82, 2.24) is 19.5 Å². The van der Waals surface area contributed by atoms with Crippen molar-refractivity contribution in [2.75, 3.05) is 0 Å². The van der Waals surface area contributed by atoms with Crippen molar-refractivity contribution in [2.45, 2.75) is 19.4 Å². The number of imidazole rings is 2. The van der Waals surface area contributed by atoms with Gasteiger partial charge in [-0.2, -0.15) is 0 Å². The fraction of sp³-hybridized carbons (Fsp3) is 0.150.